The van der Waals surface area contributed by atoms with Crippen LogP contribution in [0.25, 0.3) is 0 Å². The summed E-state index contributed by atoms with van der Waals surface area (Å²) in [5.74, 6) is -0.0909. The van der Waals surface area contributed by atoms with Crippen molar-refractivity contribution >= 4 is 33.8 Å². The van der Waals surface area contributed by atoms with Gasteiger partial charge in [0.2, 0.25) is 5.91 Å². The van der Waals surface area contributed by atoms with E-state index in [2.05, 4.69) is 40.7 Å². The van der Waals surface area contributed by atoms with Crippen LogP contribution in [0.3, 0.4) is 0 Å². The molecule has 0 fully saturated rings. The summed E-state index contributed by atoms with van der Waals surface area (Å²) in [5.41, 5.74) is 0.834. The van der Waals surface area contributed by atoms with E-state index < -0.39 is 0 Å². The van der Waals surface area contributed by atoms with Gasteiger partial charge in [-0.05, 0) is 0 Å². The van der Waals surface area contributed by atoms with Gasteiger partial charge >= 0.3 is 0 Å². The van der Waals surface area contributed by atoms with Crippen molar-refractivity contribution in [3.8, 4) is 0 Å². The van der Waals surface area contributed by atoms with Crippen LogP contribution in [-0.4, -0.2) is 20.5 Å². The van der Waals surface area contributed by atoms with E-state index in [1.165, 1.54) is 6.20 Å². The van der Waals surface area contributed by atoms with Gasteiger partial charge in [-0.15, -0.1) is 16.4 Å². The van der Waals surface area contributed by atoms with Gasteiger partial charge in [0.05, 0.1) is 23.3 Å². The van der Waals surface area contributed by atoms with E-state index in [0.29, 0.717) is 5.00 Å². The Morgan fingerprint density at radius 2 is 2.22 bits per heavy atom. The molecule has 1 N–H and O–H groups in total. The number of nitrogens with one attached hydrogen (secondary N) is 1. The molecule has 0 aromatic carbocycles. The van der Waals surface area contributed by atoms with Gasteiger partial charge in [0, 0.05) is 22.3 Å². The summed E-state index contributed by atoms with van der Waals surface area (Å²) in [6.07, 6.45) is 1.81. The highest BCUT2D eigenvalue weighted by atomic mass is 32.1. The summed E-state index contributed by atoms with van der Waals surface area (Å²) >= 11 is 2.75. The molecule has 0 aliphatic rings. The van der Waals surface area contributed by atoms with Gasteiger partial charge in [0.15, 0.2) is 0 Å². The first-order chi connectivity index (χ1) is 8.45. The van der Waals surface area contributed by atoms with Gasteiger partial charge in [0.1, 0.15) is 5.00 Å². The SMILES string of the molecule is CC(C)(C)c1nc(CC(=O)Nc2cnns2)cs1. The number of rotatable bonds is 3. The zero-order chi connectivity index (χ0) is 13.2. The Morgan fingerprint density at radius 3 is 2.78 bits per heavy atom. The third-order valence-electron chi connectivity index (χ3n) is 2.16. The maximum Gasteiger partial charge on any atom is 0.231 e. The molecular formula is C11H14N4OS2. The van der Waals surface area contributed by atoms with Crippen LogP contribution in [0.5, 0.6) is 0 Å². The normalized spacial score (nSPS) is 11.5. The Labute approximate surface area is 113 Å². The summed E-state index contributed by atoms with van der Waals surface area (Å²) in [6.45, 7) is 6.33. The summed E-state index contributed by atoms with van der Waals surface area (Å²) < 4.78 is 3.68. The number of aromatic nitrogens is 3. The lowest BCUT2D eigenvalue weighted by Crippen LogP contribution is -2.15. The molecule has 1 amide bonds. The van der Waals surface area contributed by atoms with Crippen LogP contribution in [0, 0.1) is 0 Å². The second-order valence-electron chi connectivity index (χ2n) is 4.90. The lowest BCUT2D eigenvalue weighted by Gasteiger charge is -2.13. The van der Waals surface area contributed by atoms with Crippen LogP contribution in [-0.2, 0) is 16.6 Å². The Morgan fingerprint density at radius 1 is 1.44 bits per heavy atom. The van der Waals surface area contributed by atoms with E-state index in [1.54, 1.807) is 11.3 Å². The molecule has 0 unspecified atom stereocenters. The minimum Gasteiger partial charge on any atom is -0.315 e. The minimum absolute atomic E-state index is 0.0288. The molecule has 0 saturated carbocycles. The van der Waals surface area contributed by atoms with Crippen molar-refractivity contribution in [2.45, 2.75) is 32.6 Å². The van der Waals surface area contributed by atoms with Crippen molar-refractivity contribution in [3.05, 3.63) is 22.3 Å². The number of hydrogen-bond acceptors (Lipinski definition) is 6. The number of nitrogens with zero attached hydrogens (tertiary/aromatic N) is 3. The highest BCUT2D eigenvalue weighted by Crippen LogP contribution is 2.25. The molecule has 0 aliphatic heterocycles. The highest BCUT2D eigenvalue weighted by Gasteiger charge is 2.18. The predicted octanol–water partition coefficient (Wildman–Crippen LogP) is 2.47. The number of carbonyl (C=O) groups excluding carboxylic acids is 1. The number of anilines is 1. The van der Waals surface area contributed by atoms with E-state index in [4.69, 9.17) is 0 Å². The van der Waals surface area contributed by atoms with Crippen LogP contribution >= 0.6 is 22.9 Å². The van der Waals surface area contributed by atoms with Crippen LogP contribution in [0.2, 0.25) is 0 Å². The average molecular weight is 282 g/mol. The molecule has 0 bridgehead atoms. The molecule has 18 heavy (non-hydrogen) atoms. The molecule has 2 heterocycles. The smallest absolute Gasteiger partial charge is 0.231 e. The quantitative estimate of drug-likeness (QED) is 0.939. The fourth-order valence-corrected chi connectivity index (χ4v) is 2.64. The highest BCUT2D eigenvalue weighted by molar-refractivity contribution is 7.10. The van der Waals surface area contributed by atoms with E-state index in [0.717, 1.165) is 22.2 Å². The molecule has 2 aromatic rings. The molecular weight excluding hydrogens is 268 g/mol. The monoisotopic (exact) mass is 282 g/mol. The Hall–Kier alpha value is -1.34. The van der Waals surface area contributed by atoms with Gasteiger partial charge in [-0.2, -0.15) is 0 Å². The first-order valence-corrected chi connectivity index (χ1v) is 7.12. The average Bonchev–Trinajstić information content (AvgIpc) is 2.87. The van der Waals surface area contributed by atoms with E-state index in [-0.39, 0.29) is 17.7 Å². The van der Waals surface area contributed by atoms with Gasteiger partial charge in [-0.1, -0.05) is 25.3 Å². The zero-order valence-electron chi connectivity index (χ0n) is 10.4. The third-order valence-corrected chi connectivity index (χ3v) is 4.06. The molecule has 96 valence electrons. The fourth-order valence-electron chi connectivity index (χ4n) is 1.30. The standard InChI is InChI=1S/C11H14N4OS2/c1-11(2,3)10-13-7(6-17-10)4-8(16)14-9-5-12-15-18-9/h5-6H,4H2,1-3H3,(H,14,16). The maximum atomic E-state index is 11.7. The molecule has 2 rings (SSSR count). The molecule has 0 spiro atoms. The van der Waals surface area contributed by atoms with Crippen molar-refractivity contribution in [3.63, 3.8) is 0 Å². The van der Waals surface area contributed by atoms with Crippen LogP contribution in [0.4, 0.5) is 5.00 Å². The summed E-state index contributed by atoms with van der Waals surface area (Å²) in [7, 11) is 0. The lowest BCUT2D eigenvalue weighted by atomic mass is 9.98. The van der Waals surface area contributed by atoms with Crippen molar-refractivity contribution in [1.82, 2.24) is 14.6 Å². The Kier molecular flexibility index (Phi) is 3.72. The zero-order valence-corrected chi connectivity index (χ0v) is 12.1. The molecule has 0 saturated heterocycles. The molecule has 0 aliphatic carbocycles. The number of hydrogen-bond donors (Lipinski definition) is 1. The van der Waals surface area contributed by atoms with Gasteiger partial charge in [0.25, 0.3) is 0 Å². The van der Waals surface area contributed by atoms with Crippen LogP contribution < -0.4 is 5.32 Å². The van der Waals surface area contributed by atoms with Crippen LogP contribution in [0.1, 0.15) is 31.5 Å². The first kappa shape index (κ1) is 13.1. The maximum absolute atomic E-state index is 11.7. The van der Waals surface area contributed by atoms with Gasteiger partial charge in [-0.25, -0.2) is 4.98 Å². The number of carbonyl (C=O) groups is 1. The largest absolute Gasteiger partial charge is 0.315 e. The summed E-state index contributed by atoms with van der Waals surface area (Å²) in [6, 6.07) is 0. The van der Waals surface area contributed by atoms with E-state index in [9.17, 15) is 4.79 Å². The van der Waals surface area contributed by atoms with Gasteiger partial charge in [-0.3, -0.25) is 4.79 Å². The van der Waals surface area contributed by atoms with Crippen molar-refractivity contribution in [1.29, 1.82) is 0 Å². The molecule has 0 radical (unpaired) electrons. The number of thiazole rings is 1. The molecule has 2 aromatic heterocycles. The number of amides is 1. The second-order valence-corrected chi connectivity index (χ2v) is 6.54. The van der Waals surface area contributed by atoms with E-state index >= 15 is 0 Å². The van der Waals surface area contributed by atoms with Crippen molar-refractivity contribution < 1.29 is 4.79 Å². The fraction of sp³-hybridized carbons (Fsp3) is 0.455. The topological polar surface area (TPSA) is 67.8 Å². The summed E-state index contributed by atoms with van der Waals surface area (Å²) in [4.78, 5) is 16.2. The third kappa shape index (κ3) is 3.33. The van der Waals surface area contributed by atoms with E-state index in [1.807, 2.05) is 5.38 Å². The second kappa shape index (κ2) is 5.11. The van der Waals surface area contributed by atoms with Crippen LogP contribution in [0.15, 0.2) is 11.6 Å². The van der Waals surface area contributed by atoms with Crippen molar-refractivity contribution in [2.75, 3.05) is 5.32 Å². The molecule has 7 heteroatoms. The predicted molar refractivity (Wildman–Crippen MR) is 73.1 cm³/mol. The van der Waals surface area contributed by atoms with Gasteiger partial charge < -0.3 is 5.32 Å². The van der Waals surface area contributed by atoms with Crippen molar-refractivity contribution in [2.24, 2.45) is 0 Å². The molecule has 5 nitrogen and oxygen atoms in total. The Balaban J connectivity index is 1.97. The minimum atomic E-state index is -0.0909. The Bertz CT molecular complexity index is 527. The summed E-state index contributed by atoms with van der Waals surface area (Å²) in [5, 5.41) is 10.0. The molecule has 0 atom stereocenters. The first-order valence-electron chi connectivity index (χ1n) is 5.47. The lowest BCUT2D eigenvalue weighted by molar-refractivity contribution is -0.115.